The van der Waals surface area contributed by atoms with Crippen molar-refractivity contribution in [1.29, 1.82) is 0 Å². The lowest BCUT2D eigenvalue weighted by molar-refractivity contribution is 0.0786. The van der Waals surface area contributed by atoms with Crippen LogP contribution in [-0.2, 0) is 6.54 Å². The molecular weight excluding hydrogens is 318 g/mol. The minimum Gasteiger partial charge on any atom is -0.337 e. The van der Waals surface area contributed by atoms with Crippen LogP contribution in [0.5, 0.6) is 0 Å². The van der Waals surface area contributed by atoms with Crippen LogP contribution < -0.4 is 0 Å². The summed E-state index contributed by atoms with van der Waals surface area (Å²) in [6.07, 6.45) is 1.57. The quantitative estimate of drug-likeness (QED) is 0.783. The van der Waals surface area contributed by atoms with Crippen LogP contribution in [0.1, 0.15) is 15.9 Å². The van der Waals surface area contributed by atoms with Gasteiger partial charge in [0.05, 0.1) is 17.5 Å². The summed E-state index contributed by atoms with van der Waals surface area (Å²) in [5, 5.41) is 11.6. The first-order valence-corrected chi connectivity index (χ1v) is 8.03. The van der Waals surface area contributed by atoms with Crippen molar-refractivity contribution in [3.8, 4) is 11.3 Å². The monoisotopic (exact) mass is 331 g/mol. The van der Waals surface area contributed by atoms with Crippen LogP contribution in [0.3, 0.4) is 0 Å². The molecule has 0 atom stereocenters. The van der Waals surface area contributed by atoms with E-state index in [4.69, 9.17) is 11.6 Å². The van der Waals surface area contributed by atoms with Gasteiger partial charge in [0.25, 0.3) is 5.91 Å². The summed E-state index contributed by atoms with van der Waals surface area (Å²) < 4.78 is 0. The molecule has 0 aliphatic heterocycles. The van der Waals surface area contributed by atoms with E-state index in [2.05, 4.69) is 10.2 Å². The van der Waals surface area contributed by atoms with Gasteiger partial charge >= 0.3 is 0 Å². The van der Waals surface area contributed by atoms with E-state index in [1.807, 2.05) is 29.0 Å². The molecule has 0 bridgehead atoms. The van der Waals surface area contributed by atoms with E-state index in [0.29, 0.717) is 22.8 Å². The third kappa shape index (κ3) is 3.05. The molecule has 0 unspecified atom stereocenters. The normalized spacial score (nSPS) is 10.6. The molecule has 22 heavy (non-hydrogen) atoms. The zero-order valence-electron chi connectivity index (χ0n) is 11.9. The average molecular weight is 332 g/mol. The van der Waals surface area contributed by atoms with Crippen molar-refractivity contribution in [1.82, 2.24) is 15.1 Å². The maximum absolute atomic E-state index is 12.6. The molecule has 0 aliphatic carbocycles. The topological polar surface area (TPSA) is 49.0 Å². The van der Waals surface area contributed by atoms with Crippen molar-refractivity contribution in [2.24, 2.45) is 0 Å². The van der Waals surface area contributed by atoms with E-state index in [1.165, 1.54) is 0 Å². The summed E-state index contributed by atoms with van der Waals surface area (Å²) in [4.78, 5) is 14.3. The minimum atomic E-state index is -0.0649. The highest BCUT2D eigenvalue weighted by molar-refractivity contribution is 7.07. The summed E-state index contributed by atoms with van der Waals surface area (Å²) in [6.45, 7) is 0.577. The number of aromatic nitrogens is 2. The Morgan fingerprint density at radius 3 is 2.77 bits per heavy atom. The largest absolute Gasteiger partial charge is 0.337 e. The first-order valence-electron chi connectivity index (χ1n) is 6.71. The van der Waals surface area contributed by atoms with Gasteiger partial charge in [0.1, 0.15) is 0 Å². The summed E-state index contributed by atoms with van der Waals surface area (Å²) >= 11 is 7.53. The third-order valence-corrected chi connectivity index (χ3v) is 4.33. The highest BCUT2D eigenvalue weighted by Crippen LogP contribution is 2.24. The maximum Gasteiger partial charge on any atom is 0.257 e. The number of carbonyl (C=O) groups is 1. The summed E-state index contributed by atoms with van der Waals surface area (Å²) in [5.74, 6) is -0.0649. The number of H-pyrrole nitrogens is 1. The van der Waals surface area contributed by atoms with Crippen LogP contribution in [0.15, 0.2) is 47.3 Å². The molecule has 3 rings (SSSR count). The SMILES string of the molecule is CN(Cc1ccsc1)C(=O)c1cn[nH]c1-c1ccc(Cl)cc1. The standard InChI is InChI=1S/C16H14ClN3OS/c1-20(9-11-6-7-22-10-11)16(21)14-8-18-19-15(14)12-2-4-13(17)5-3-12/h2-8,10H,9H2,1H3,(H,18,19). The highest BCUT2D eigenvalue weighted by Gasteiger charge is 2.19. The Bertz CT molecular complexity index is 765. The Kier molecular flexibility index (Phi) is 4.27. The van der Waals surface area contributed by atoms with E-state index < -0.39 is 0 Å². The lowest BCUT2D eigenvalue weighted by atomic mass is 10.1. The number of aromatic amines is 1. The molecular formula is C16H14ClN3OS. The summed E-state index contributed by atoms with van der Waals surface area (Å²) in [6, 6.07) is 9.34. The van der Waals surface area contributed by atoms with Crippen LogP contribution in [0, 0.1) is 0 Å². The number of nitrogens with zero attached hydrogens (tertiary/aromatic N) is 2. The molecule has 0 fully saturated rings. The molecule has 3 aromatic rings. The predicted molar refractivity (Wildman–Crippen MR) is 89.2 cm³/mol. The van der Waals surface area contributed by atoms with Crippen molar-refractivity contribution in [3.63, 3.8) is 0 Å². The molecule has 0 radical (unpaired) electrons. The molecule has 0 aliphatic rings. The first kappa shape index (κ1) is 14.8. The molecule has 6 heteroatoms. The average Bonchev–Trinajstić information content (AvgIpc) is 3.18. The van der Waals surface area contributed by atoms with Gasteiger partial charge < -0.3 is 4.90 Å². The Morgan fingerprint density at radius 2 is 2.09 bits per heavy atom. The number of amides is 1. The Labute approximate surface area is 137 Å². The van der Waals surface area contributed by atoms with Gasteiger partial charge in [0.15, 0.2) is 0 Å². The fourth-order valence-electron chi connectivity index (χ4n) is 2.22. The van der Waals surface area contributed by atoms with Crippen molar-refractivity contribution in [3.05, 3.63) is 63.4 Å². The molecule has 112 valence electrons. The molecule has 0 saturated heterocycles. The number of benzene rings is 1. The van der Waals surface area contributed by atoms with Crippen LogP contribution >= 0.6 is 22.9 Å². The van der Waals surface area contributed by atoms with Crippen LogP contribution in [0.25, 0.3) is 11.3 Å². The van der Waals surface area contributed by atoms with Crippen molar-refractivity contribution in [2.45, 2.75) is 6.54 Å². The van der Waals surface area contributed by atoms with E-state index in [-0.39, 0.29) is 5.91 Å². The number of halogens is 1. The Balaban J connectivity index is 1.84. The van der Waals surface area contributed by atoms with Gasteiger partial charge in [-0.15, -0.1) is 0 Å². The smallest absolute Gasteiger partial charge is 0.257 e. The number of hydrogen-bond acceptors (Lipinski definition) is 3. The van der Waals surface area contributed by atoms with Gasteiger partial charge in [-0.25, -0.2) is 0 Å². The molecule has 0 spiro atoms. The summed E-state index contributed by atoms with van der Waals surface area (Å²) in [7, 11) is 1.79. The van der Waals surface area contributed by atoms with Crippen molar-refractivity contribution in [2.75, 3.05) is 7.05 Å². The maximum atomic E-state index is 12.6. The fourth-order valence-corrected chi connectivity index (χ4v) is 3.00. The van der Waals surface area contributed by atoms with Gasteiger partial charge in [0, 0.05) is 24.2 Å². The Hall–Kier alpha value is -2.11. The lowest BCUT2D eigenvalue weighted by Gasteiger charge is -2.16. The van der Waals surface area contributed by atoms with E-state index >= 15 is 0 Å². The van der Waals surface area contributed by atoms with Gasteiger partial charge in [-0.05, 0) is 34.5 Å². The number of rotatable bonds is 4. The van der Waals surface area contributed by atoms with Crippen LogP contribution in [0.2, 0.25) is 5.02 Å². The number of nitrogens with one attached hydrogen (secondary N) is 1. The van der Waals surface area contributed by atoms with Gasteiger partial charge in [-0.3, -0.25) is 9.89 Å². The second-order valence-corrected chi connectivity index (χ2v) is 6.17. The Morgan fingerprint density at radius 1 is 1.32 bits per heavy atom. The molecule has 4 nitrogen and oxygen atoms in total. The molecule has 2 aromatic heterocycles. The van der Waals surface area contributed by atoms with E-state index in [9.17, 15) is 4.79 Å². The van der Waals surface area contributed by atoms with Gasteiger partial charge in [-0.1, -0.05) is 23.7 Å². The highest BCUT2D eigenvalue weighted by atomic mass is 35.5. The second-order valence-electron chi connectivity index (χ2n) is 4.96. The number of carbonyl (C=O) groups excluding carboxylic acids is 1. The summed E-state index contributed by atoms with van der Waals surface area (Å²) in [5.41, 5.74) is 3.27. The van der Waals surface area contributed by atoms with Gasteiger partial charge in [0.2, 0.25) is 0 Å². The van der Waals surface area contributed by atoms with Crippen molar-refractivity contribution >= 4 is 28.8 Å². The van der Waals surface area contributed by atoms with E-state index in [0.717, 1.165) is 11.1 Å². The minimum absolute atomic E-state index is 0.0649. The number of thiophene rings is 1. The van der Waals surface area contributed by atoms with E-state index in [1.54, 1.807) is 41.6 Å². The molecule has 2 heterocycles. The van der Waals surface area contributed by atoms with Crippen LogP contribution in [0.4, 0.5) is 0 Å². The van der Waals surface area contributed by atoms with Gasteiger partial charge in [-0.2, -0.15) is 16.4 Å². The predicted octanol–water partition coefficient (Wildman–Crippen LogP) is 4.06. The lowest BCUT2D eigenvalue weighted by Crippen LogP contribution is -2.26. The van der Waals surface area contributed by atoms with Crippen molar-refractivity contribution < 1.29 is 4.79 Å². The second kappa shape index (κ2) is 6.34. The third-order valence-electron chi connectivity index (χ3n) is 3.35. The zero-order valence-corrected chi connectivity index (χ0v) is 13.5. The molecule has 0 saturated carbocycles. The molecule has 1 N–H and O–H groups in total. The molecule has 1 aromatic carbocycles. The first-order chi connectivity index (χ1) is 10.6. The number of hydrogen-bond donors (Lipinski definition) is 1. The fraction of sp³-hybridized carbons (Fsp3) is 0.125. The van der Waals surface area contributed by atoms with Crippen LogP contribution in [-0.4, -0.2) is 28.1 Å². The zero-order chi connectivity index (χ0) is 15.5. The molecule has 1 amide bonds.